The van der Waals surface area contributed by atoms with Crippen molar-refractivity contribution in [3.05, 3.63) is 58.7 Å². The maximum Gasteiger partial charge on any atom is 0.348 e. The summed E-state index contributed by atoms with van der Waals surface area (Å²) in [5.41, 5.74) is 6.78. The average Bonchev–Trinajstić information content (AvgIpc) is 3.13. The van der Waals surface area contributed by atoms with Gasteiger partial charge in [-0.2, -0.15) is 0 Å². The number of aryl methyl sites for hydroxylation is 1. The Morgan fingerprint density at radius 1 is 1.09 bits per heavy atom. The van der Waals surface area contributed by atoms with Gasteiger partial charge in [0.25, 0.3) is 0 Å². The van der Waals surface area contributed by atoms with Crippen molar-refractivity contribution in [2.45, 2.75) is 25.3 Å². The first-order valence-corrected chi connectivity index (χ1v) is 11.8. The summed E-state index contributed by atoms with van der Waals surface area (Å²) in [6.45, 7) is 3.73. The normalized spacial score (nSPS) is 11.1. The second-order valence-electron chi connectivity index (χ2n) is 6.94. The third-order valence-corrected chi connectivity index (χ3v) is 6.90. The monoisotopic (exact) mass is 467 g/mol. The predicted octanol–water partition coefficient (Wildman–Crippen LogP) is 4.75. The number of nitrogens with two attached hydrogens (primary N) is 1. The summed E-state index contributed by atoms with van der Waals surface area (Å²) in [5.74, 6) is -0.0843. The number of benzene rings is 2. The van der Waals surface area contributed by atoms with Crippen molar-refractivity contribution in [1.82, 2.24) is 9.97 Å². The standard InChI is InChI=1S/C23H21N3O4S2/c1-3-29-23(28)20-13(2)19-21(24)25-17(26-22(19)32-20)11-30-18(27)12-31-16-9-8-14-6-4-5-7-15(14)10-16/h4-10H,3,11-12H2,1-2H3,(H2,24,25,26). The summed E-state index contributed by atoms with van der Waals surface area (Å²) < 4.78 is 10.4. The van der Waals surface area contributed by atoms with Crippen LogP contribution < -0.4 is 5.73 Å². The number of nitrogens with zero attached hydrogens (tertiary/aromatic N) is 2. The van der Waals surface area contributed by atoms with E-state index in [1.54, 1.807) is 13.8 Å². The molecule has 7 nitrogen and oxygen atoms in total. The van der Waals surface area contributed by atoms with Crippen molar-refractivity contribution >= 4 is 61.8 Å². The molecule has 164 valence electrons. The maximum atomic E-state index is 12.2. The van der Waals surface area contributed by atoms with Crippen LogP contribution in [0.4, 0.5) is 5.82 Å². The summed E-state index contributed by atoms with van der Waals surface area (Å²) >= 11 is 2.60. The number of esters is 2. The van der Waals surface area contributed by atoms with E-state index in [1.165, 1.54) is 23.1 Å². The number of rotatable bonds is 7. The van der Waals surface area contributed by atoms with Crippen molar-refractivity contribution < 1.29 is 19.1 Å². The Hall–Kier alpha value is -3.17. The molecule has 0 bridgehead atoms. The van der Waals surface area contributed by atoms with E-state index in [0.717, 1.165) is 15.7 Å². The van der Waals surface area contributed by atoms with Gasteiger partial charge in [-0.3, -0.25) is 4.79 Å². The number of thioether (sulfide) groups is 1. The second kappa shape index (κ2) is 9.54. The number of ether oxygens (including phenoxy) is 2. The van der Waals surface area contributed by atoms with Crippen molar-refractivity contribution in [2.75, 3.05) is 18.1 Å². The van der Waals surface area contributed by atoms with Crippen LogP contribution in [-0.4, -0.2) is 34.3 Å². The lowest BCUT2D eigenvalue weighted by atomic mass is 10.1. The van der Waals surface area contributed by atoms with Crippen LogP contribution in [0.2, 0.25) is 0 Å². The van der Waals surface area contributed by atoms with Crippen molar-refractivity contribution in [1.29, 1.82) is 0 Å². The molecule has 0 spiro atoms. The van der Waals surface area contributed by atoms with Crippen LogP contribution in [0, 0.1) is 6.92 Å². The SMILES string of the molecule is CCOC(=O)c1sc2nc(COC(=O)CSc3ccc4ccccc4c3)nc(N)c2c1C. The fourth-order valence-corrected chi connectivity index (χ4v) is 5.10. The molecule has 0 radical (unpaired) electrons. The fourth-order valence-electron chi connectivity index (χ4n) is 3.26. The number of aromatic nitrogens is 2. The zero-order valence-corrected chi connectivity index (χ0v) is 19.2. The van der Waals surface area contributed by atoms with Gasteiger partial charge in [-0.1, -0.05) is 30.3 Å². The first-order chi connectivity index (χ1) is 15.5. The summed E-state index contributed by atoms with van der Waals surface area (Å²) in [5, 5.41) is 2.90. The van der Waals surface area contributed by atoms with Crippen LogP contribution in [0.15, 0.2) is 47.4 Å². The van der Waals surface area contributed by atoms with E-state index in [4.69, 9.17) is 15.2 Å². The molecule has 2 N–H and O–H groups in total. The maximum absolute atomic E-state index is 12.2. The highest BCUT2D eigenvalue weighted by Gasteiger charge is 2.20. The van der Waals surface area contributed by atoms with Crippen LogP contribution in [0.5, 0.6) is 0 Å². The van der Waals surface area contributed by atoms with E-state index in [1.807, 2.05) is 42.5 Å². The Balaban J connectivity index is 1.40. The Kier molecular flexibility index (Phi) is 6.57. The van der Waals surface area contributed by atoms with E-state index < -0.39 is 5.97 Å². The molecule has 0 unspecified atom stereocenters. The van der Waals surface area contributed by atoms with E-state index in [0.29, 0.717) is 20.7 Å². The quantitative estimate of drug-likeness (QED) is 0.307. The summed E-state index contributed by atoms with van der Waals surface area (Å²) in [6.07, 6.45) is 0. The minimum atomic E-state index is -0.411. The van der Waals surface area contributed by atoms with Crippen LogP contribution in [-0.2, 0) is 20.9 Å². The van der Waals surface area contributed by atoms with Gasteiger partial charge in [0, 0.05) is 4.90 Å². The Morgan fingerprint density at radius 3 is 2.66 bits per heavy atom. The topological polar surface area (TPSA) is 104 Å². The zero-order chi connectivity index (χ0) is 22.7. The summed E-state index contributed by atoms with van der Waals surface area (Å²) in [7, 11) is 0. The molecular formula is C23H21N3O4S2. The smallest absolute Gasteiger partial charge is 0.348 e. The highest BCUT2D eigenvalue weighted by molar-refractivity contribution is 8.00. The van der Waals surface area contributed by atoms with Gasteiger partial charge in [0.15, 0.2) is 12.4 Å². The van der Waals surface area contributed by atoms with Gasteiger partial charge in [-0.15, -0.1) is 23.1 Å². The Bertz CT molecular complexity index is 1320. The molecule has 4 aromatic rings. The molecule has 0 saturated heterocycles. The van der Waals surface area contributed by atoms with Gasteiger partial charge in [0.05, 0.1) is 17.7 Å². The van der Waals surface area contributed by atoms with Crippen molar-refractivity contribution in [3.8, 4) is 0 Å². The number of nitrogen functional groups attached to an aromatic ring is 1. The molecule has 0 aliphatic rings. The van der Waals surface area contributed by atoms with Gasteiger partial charge in [-0.05, 0) is 42.3 Å². The largest absolute Gasteiger partial charge is 0.462 e. The van der Waals surface area contributed by atoms with Gasteiger partial charge in [-0.25, -0.2) is 14.8 Å². The molecule has 2 aromatic carbocycles. The van der Waals surface area contributed by atoms with Gasteiger partial charge in [0.2, 0.25) is 0 Å². The van der Waals surface area contributed by atoms with E-state index in [2.05, 4.69) is 9.97 Å². The molecule has 32 heavy (non-hydrogen) atoms. The van der Waals surface area contributed by atoms with E-state index >= 15 is 0 Å². The van der Waals surface area contributed by atoms with Crippen LogP contribution >= 0.6 is 23.1 Å². The summed E-state index contributed by atoms with van der Waals surface area (Å²) in [6, 6.07) is 14.1. The van der Waals surface area contributed by atoms with Crippen LogP contribution in [0.1, 0.15) is 28.0 Å². The molecule has 0 atom stereocenters. The van der Waals surface area contributed by atoms with Crippen LogP contribution in [0.3, 0.4) is 0 Å². The lowest BCUT2D eigenvalue weighted by Crippen LogP contribution is -2.10. The molecule has 0 amide bonds. The zero-order valence-electron chi connectivity index (χ0n) is 17.6. The Morgan fingerprint density at radius 2 is 1.88 bits per heavy atom. The number of carbonyl (C=O) groups is 2. The van der Waals surface area contributed by atoms with Gasteiger partial charge < -0.3 is 15.2 Å². The molecule has 0 aliphatic carbocycles. The number of fused-ring (bicyclic) bond motifs is 2. The average molecular weight is 468 g/mol. The first-order valence-electron chi connectivity index (χ1n) is 9.96. The number of anilines is 1. The Labute approximate surface area is 192 Å². The fraction of sp³-hybridized carbons (Fsp3) is 0.217. The molecule has 0 aliphatic heterocycles. The molecule has 9 heteroatoms. The number of carbonyl (C=O) groups excluding carboxylic acids is 2. The van der Waals surface area contributed by atoms with E-state index in [-0.39, 0.29) is 36.6 Å². The molecule has 0 saturated carbocycles. The molecule has 2 heterocycles. The lowest BCUT2D eigenvalue weighted by molar-refractivity contribution is -0.141. The third kappa shape index (κ3) is 4.68. The minimum Gasteiger partial charge on any atom is -0.462 e. The van der Waals surface area contributed by atoms with Crippen LogP contribution in [0.25, 0.3) is 21.0 Å². The number of thiophene rings is 1. The number of hydrogen-bond acceptors (Lipinski definition) is 9. The van der Waals surface area contributed by atoms with Crippen molar-refractivity contribution in [2.24, 2.45) is 0 Å². The predicted molar refractivity (Wildman–Crippen MR) is 127 cm³/mol. The minimum absolute atomic E-state index is 0.0943. The summed E-state index contributed by atoms with van der Waals surface area (Å²) in [4.78, 5) is 35.0. The lowest BCUT2D eigenvalue weighted by Gasteiger charge is -2.06. The van der Waals surface area contributed by atoms with E-state index in [9.17, 15) is 9.59 Å². The molecule has 2 aromatic heterocycles. The molecule has 0 fully saturated rings. The first kappa shape index (κ1) is 22.0. The molecule has 4 rings (SSSR count). The number of hydrogen-bond donors (Lipinski definition) is 1. The molecular weight excluding hydrogens is 446 g/mol. The highest BCUT2D eigenvalue weighted by atomic mass is 32.2. The highest BCUT2D eigenvalue weighted by Crippen LogP contribution is 2.33. The second-order valence-corrected chi connectivity index (χ2v) is 8.99. The van der Waals surface area contributed by atoms with Gasteiger partial charge >= 0.3 is 11.9 Å². The van der Waals surface area contributed by atoms with Crippen molar-refractivity contribution in [3.63, 3.8) is 0 Å². The van der Waals surface area contributed by atoms with Gasteiger partial charge in [0.1, 0.15) is 15.5 Å². The third-order valence-electron chi connectivity index (χ3n) is 4.77.